The Labute approximate surface area is 123 Å². The van der Waals surface area contributed by atoms with Gasteiger partial charge in [-0.2, -0.15) is 0 Å². The van der Waals surface area contributed by atoms with E-state index in [9.17, 15) is 13.5 Å². The first-order valence-corrected chi connectivity index (χ1v) is 8.40. The standard InChI is InChI=1S/C13H20BrNO3S/c1-8(2)11-6-12(14)9(3)5-13(11)19(17,18)15-7-10(4)16/h5-6,8,10,15-16H,7H2,1-4H3/t10-/m1/s1. The third-order valence-corrected chi connectivity index (χ3v) is 5.10. The zero-order valence-corrected chi connectivity index (χ0v) is 14.0. The van der Waals surface area contributed by atoms with E-state index in [1.807, 2.05) is 26.8 Å². The fourth-order valence-electron chi connectivity index (χ4n) is 1.66. The van der Waals surface area contributed by atoms with Gasteiger partial charge < -0.3 is 5.11 Å². The first kappa shape index (κ1) is 16.6. The van der Waals surface area contributed by atoms with E-state index in [2.05, 4.69) is 20.7 Å². The first-order chi connectivity index (χ1) is 8.65. The molecule has 0 aliphatic rings. The summed E-state index contributed by atoms with van der Waals surface area (Å²) in [5.74, 6) is 0.0926. The fraction of sp³-hybridized carbons (Fsp3) is 0.538. The molecule has 0 fully saturated rings. The number of rotatable bonds is 5. The van der Waals surface area contributed by atoms with E-state index in [0.717, 1.165) is 15.6 Å². The molecule has 0 aliphatic heterocycles. The van der Waals surface area contributed by atoms with E-state index in [0.29, 0.717) is 0 Å². The second-order valence-corrected chi connectivity index (χ2v) is 7.58. The van der Waals surface area contributed by atoms with Gasteiger partial charge in [0.25, 0.3) is 0 Å². The van der Waals surface area contributed by atoms with Crippen LogP contribution in [0.25, 0.3) is 0 Å². The van der Waals surface area contributed by atoms with Gasteiger partial charge >= 0.3 is 0 Å². The van der Waals surface area contributed by atoms with Crippen LogP contribution in [-0.2, 0) is 10.0 Å². The quantitative estimate of drug-likeness (QED) is 0.858. The maximum Gasteiger partial charge on any atom is 0.240 e. The van der Waals surface area contributed by atoms with Crippen molar-refractivity contribution in [2.75, 3.05) is 6.54 Å². The SMILES string of the molecule is Cc1cc(S(=O)(=O)NC[C@@H](C)O)c(C(C)C)cc1Br. The number of aliphatic hydroxyl groups is 1. The summed E-state index contributed by atoms with van der Waals surface area (Å²) in [7, 11) is -3.60. The molecule has 0 heterocycles. The van der Waals surface area contributed by atoms with Crippen molar-refractivity contribution in [3.8, 4) is 0 Å². The van der Waals surface area contributed by atoms with Crippen LogP contribution in [-0.4, -0.2) is 26.2 Å². The molecule has 108 valence electrons. The van der Waals surface area contributed by atoms with Crippen molar-refractivity contribution in [2.45, 2.75) is 44.6 Å². The smallest absolute Gasteiger partial charge is 0.240 e. The molecule has 0 aliphatic carbocycles. The molecule has 1 rings (SSSR count). The second kappa shape index (κ2) is 6.35. The lowest BCUT2D eigenvalue weighted by molar-refractivity contribution is 0.198. The van der Waals surface area contributed by atoms with Gasteiger partial charge in [0.1, 0.15) is 0 Å². The molecule has 0 bridgehead atoms. The summed E-state index contributed by atoms with van der Waals surface area (Å²) in [6.07, 6.45) is -0.714. The number of aryl methyl sites for hydroxylation is 1. The number of benzene rings is 1. The summed E-state index contributed by atoms with van der Waals surface area (Å²) in [5, 5.41) is 9.21. The molecular weight excluding hydrogens is 330 g/mol. The molecule has 0 saturated heterocycles. The maximum atomic E-state index is 12.3. The van der Waals surface area contributed by atoms with Crippen LogP contribution in [0.1, 0.15) is 37.8 Å². The van der Waals surface area contributed by atoms with E-state index < -0.39 is 16.1 Å². The Hall–Kier alpha value is -0.430. The number of hydrogen-bond donors (Lipinski definition) is 2. The van der Waals surface area contributed by atoms with Crippen LogP contribution in [0.3, 0.4) is 0 Å². The molecule has 0 unspecified atom stereocenters. The van der Waals surface area contributed by atoms with Crippen molar-refractivity contribution in [3.05, 3.63) is 27.7 Å². The van der Waals surface area contributed by atoms with E-state index in [4.69, 9.17) is 0 Å². The first-order valence-electron chi connectivity index (χ1n) is 6.13. The van der Waals surface area contributed by atoms with Gasteiger partial charge in [0.2, 0.25) is 10.0 Å². The van der Waals surface area contributed by atoms with Gasteiger partial charge in [-0.15, -0.1) is 0 Å². The Kier molecular flexibility index (Phi) is 5.55. The summed E-state index contributed by atoms with van der Waals surface area (Å²) >= 11 is 3.42. The maximum absolute atomic E-state index is 12.3. The van der Waals surface area contributed by atoms with Crippen molar-refractivity contribution in [2.24, 2.45) is 0 Å². The zero-order chi connectivity index (χ0) is 14.8. The minimum Gasteiger partial charge on any atom is -0.392 e. The number of hydrogen-bond acceptors (Lipinski definition) is 3. The summed E-state index contributed by atoms with van der Waals surface area (Å²) in [6.45, 7) is 7.30. The number of nitrogens with one attached hydrogen (secondary N) is 1. The Balaban J connectivity index is 3.28. The molecular formula is C13H20BrNO3S. The highest BCUT2D eigenvalue weighted by atomic mass is 79.9. The Bertz CT molecular complexity index is 553. The molecule has 0 spiro atoms. The zero-order valence-electron chi connectivity index (χ0n) is 11.6. The molecule has 0 aromatic heterocycles. The minimum absolute atomic E-state index is 0.00891. The summed E-state index contributed by atoms with van der Waals surface area (Å²) in [5.41, 5.74) is 1.62. The van der Waals surface area contributed by atoms with Crippen molar-refractivity contribution in [1.82, 2.24) is 4.72 Å². The van der Waals surface area contributed by atoms with E-state index in [-0.39, 0.29) is 17.4 Å². The van der Waals surface area contributed by atoms with E-state index in [1.165, 1.54) is 0 Å². The Morgan fingerprint density at radius 1 is 1.32 bits per heavy atom. The topological polar surface area (TPSA) is 66.4 Å². The summed E-state index contributed by atoms with van der Waals surface area (Å²) in [4.78, 5) is 0.281. The molecule has 1 aromatic rings. The van der Waals surface area contributed by atoms with Gasteiger partial charge in [0.05, 0.1) is 11.0 Å². The third kappa shape index (κ3) is 4.27. The van der Waals surface area contributed by atoms with Gasteiger partial charge in [-0.05, 0) is 43.0 Å². The van der Waals surface area contributed by atoms with E-state index >= 15 is 0 Å². The van der Waals surface area contributed by atoms with Crippen molar-refractivity contribution in [1.29, 1.82) is 0 Å². The lowest BCUT2D eigenvalue weighted by atomic mass is 10.0. The van der Waals surface area contributed by atoms with Gasteiger partial charge in [0.15, 0.2) is 0 Å². The number of aliphatic hydroxyl groups excluding tert-OH is 1. The second-order valence-electron chi connectivity index (χ2n) is 4.99. The molecule has 1 aromatic carbocycles. The van der Waals surface area contributed by atoms with Gasteiger partial charge in [-0.1, -0.05) is 29.8 Å². The van der Waals surface area contributed by atoms with Gasteiger partial charge in [-0.3, -0.25) is 0 Å². The van der Waals surface area contributed by atoms with Crippen LogP contribution < -0.4 is 4.72 Å². The molecule has 0 saturated carbocycles. The predicted octanol–water partition coefficient (Wildman–Crippen LogP) is 2.54. The van der Waals surface area contributed by atoms with Crippen LogP contribution in [0.5, 0.6) is 0 Å². The normalized spacial score (nSPS) is 13.8. The van der Waals surface area contributed by atoms with Gasteiger partial charge in [0, 0.05) is 11.0 Å². The number of sulfonamides is 1. The summed E-state index contributed by atoms with van der Waals surface area (Å²) in [6, 6.07) is 3.50. The highest BCUT2D eigenvalue weighted by Gasteiger charge is 2.21. The average Bonchev–Trinajstić information content (AvgIpc) is 2.29. The lowest BCUT2D eigenvalue weighted by Crippen LogP contribution is -2.31. The fourth-order valence-corrected chi connectivity index (χ4v) is 3.58. The predicted molar refractivity (Wildman–Crippen MR) is 79.8 cm³/mol. The highest BCUT2D eigenvalue weighted by molar-refractivity contribution is 9.10. The molecule has 6 heteroatoms. The van der Waals surface area contributed by atoms with E-state index in [1.54, 1.807) is 13.0 Å². The van der Waals surface area contributed by atoms with Crippen LogP contribution in [0.4, 0.5) is 0 Å². The molecule has 19 heavy (non-hydrogen) atoms. The van der Waals surface area contributed by atoms with Crippen LogP contribution in [0, 0.1) is 6.92 Å². The molecule has 1 atom stereocenters. The monoisotopic (exact) mass is 349 g/mol. The highest BCUT2D eigenvalue weighted by Crippen LogP contribution is 2.29. The van der Waals surface area contributed by atoms with Crippen molar-refractivity contribution >= 4 is 26.0 Å². The molecule has 4 nitrogen and oxygen atoms in total. The van der Waals surface area contributed by atoms with Gasteiger partial charge in [-0.25, -0.2) is 13.1 Å². The largest absolute Gasteiger partial charge is 0.392 e. The lowest BCUT2D eigenvalue weighted by Gasteiger charge is -2.16. The minimum atomic E-state index is -3.60. The molecule has 2 N–H and O–H groups in total. The van der Waals surface area contributed by atoms with Crippen molar-refractivity contribution in [3.63, 3.8) is 0 Å². The van der Waals surface area contributed by atoms with Crippen LogP contribution in [0.2, 0.25) is 0 Å². The summed E-state index contributed by atoms with van der Waals surface area (Å²) < 4.78 is 27.9. The molecule has 0 amide bonds. The molecule has 0 radical (unpaired) electrons. The van der Waals surface area contributed by atoms with Crippen LogP contribution >= 0.6 is 15.9 Å². The average molecular weight is 350 g/mol. The van der Waals surface area contributed by atoms with Crippen LogP contribution in [0.15, 0.2) is 21.5 Å². The Morgan fingerprint density at radius 2 is 1.89 bits per heavy atom. The number of halogens is 1. The van der Waals surface area contributed by atoms with Crippen molar-refractivity contribution < 1.29 is 13.5 Å². The Morgan fingerprint density at radius 3 is 2.37 bits per heavy atom. The third-order valence-electron chi connectivity index (χ3n) is 2.77.